The van der Waals surface area contributed by atoms with E-state index in [1.807, 2.05) is 6.92 Å². The van der Waals surface area contributed by atoms with Crippen LogP contribution in [0.5, 0.6) is 33.4 Å². The summed E-state index contributed by atoms with van der Waals surface area (Å²) in [6.45, 7) is 10.2. The number of aromatic hydroxyl groups is 2. The lowest BCUT2D eigenvalue weighted by atomic mass is 9.99. The van der Waals surface area contributed by atoms with Gasteiger partial charge >= 0.3 is 23.2 Å². The first-order chi connectivity index (χ1) is 35.7. The van der Waals surface area contributed by atoms with Crippen LogP contribution in [0.4, 0.5) is 8.78 Å². The summed E-state index contributed by atoms with van der Waals surface area (Å²) in [5.41, 5.74) is -1.10. The molecule has 21 heteroatoms. The van der Waals surface area contributed by atoms with E-state index in [1.165, 1.54) is 105 Å². The van der Waals surface area contributed by atoms with Crippen molar-refractivity contribution in [3.05, 3.63) is 167 Å². The minimum absolute atomic E-state index is 0.117. The molecule has 0 amide bonds. The first kappa shape index (κ1) is 59.4. The molecule has 2 unspecified atom stereocenters. The first-order valence-corrected chi connectivity index (χ1v) is 24.6. The van der Waals surface area contributed by atoms with Gasteiger partial charge in [0.15, 0.2) is 17.9 Å². The zero-order chi connectivity index (χ0) is 55.4. The second-order valence-corrected chi connectivity index (χ2v) is 18.2. The maximum absolute atomic E-state index is 13.1. The molecule has 6 rings (SSSR count). The van der Waals surface area contributed by atoms with E-state index in [0.29, 0.717) is 74.5 Å². The van der Waals surface area contributed by atoms with Gasteiger partial charge in [-0.15, -0.1) is 0 Å². The highest BCUT2D eigenvalue weighted by Crippen LogP contribution is 2.33. The molecule has 0 aliphatic heterocycles. The Hall–Kier alpha value is -8.17. The fourth-order valence-corrected chi connectivity index (χ4v) is 8.05. The highest BCUT2D eigenvalue weighted by molar-refractivity contribution is 7.15. The van der Waals surface area contributed by atoms with Crippen LogP contribution in [0.1, 0.15) is 130 Å². The maximum atomic E-state index is 13.1. The number of carbonyl (C=O) groups excluding carboxylic acids is 5. The Bertz CT molecular complexity index is 3170. The summed E-state index contributed by atoms with van der Waals surface area (Å²) < 4.78 is 56.2. The minimum atomic E-state index is -0.939. The van der Waals surface area contributed by atoms with Gasteiger partial charge in [-0.05, 0) is 107 Å². The zero-order valence-electron chi connectivity index (χ0n) is 42.1. The number of aryl methyl sites for hydroxylation is 2. The number of Topliss-reactive ketones (excluding diaryl/α,β-unsaturated/α-hetero) is 2. The molecule has 4 aromatic heterocycles. The summed E-state index contributed by atoms with van der Waals surface area (Å²) in [4.78, 5) is 91.2. The molecule has 2 aromatic carbocycles. The number of aldehydes is 1. The van der Waals surface area contributed by atoms with Crippen molar-refractivity contribution in [3.63, 3.8) is 0 Å². The maximum Gasteiger partial charge on any atom is 0.351 e. The Morgan fingerprint density at radius 3 is 1.49 bits per heavy atom. The lowest BCUT2D eigenvalue weighted by Gasteiger charge is -2.11. The number of nitrogens with zero attached hydrogens (tertiary/aromatic N) is 2. The van der Waals surface area contributed by atoms with Gasteiger partial charge in [-0.3, -0.25) is 14.4 Å². The van der Waals surface area contributed by atoms with E-state index in [9.17, 15) is 52.6 Å². The Morgan fingerprint density at radius 2 is 1.11 bits per heavy atom. The molecule has 75 heavy (non-hydrogen) atoms. The number of rotatable bonds is 20. The molecule has 0 spiro atoms. The summed E-state index contributed by atoms with van der Waals surface area (Å²) >= 11 is 2.34. The van der Waals surface area contributed by atoms with E-state index in [4.69, 9.17) is 18.3 Å². The van der Waals surface area contributed by atoms with Crippen LogP contribution in [0.3, 0.4) is 0 Å². The largest absolute Gasteiger partial charge is 0.507 e. The number of halogens is 2. The third-order valence-corrected chi connectivity index (χ3v) is 12.6. The number of hydrogen-bond donors (Lipinski definition) is 2. The number of hydrogen-bond acceptors (Lipinski definition) is 19. The number of methoxy groups -OCH3 is 2. The van der Waals surface area contributed by atoms with Crippen LogP contribution in [0.25, 0.3) is 6.08 Å². The minimum Gasteiger partial charge on any atom is -0.507 e. The first-order valence-electron chi connectivity index (χ1n) is 22.9. The van der Waals surface area contributed by atoms with Crippen LogP contribution in [0.15, 0.2) is 109 Å². The molecule has 0 fully saturated rings. The van der Waals surface area contributed by atoms with Crippen molar-refractivity contribution >= 4 is 58.5 Å². The Labute approximate surface area is 437 Å². The molecule has 0 bridgehead atoms. The van der Waals surface area contributed by atoms with Crippen LogP contribution in [0, 0.1) is 25.5 Å². The smallest absolute Gasteiger partial charge is 0.351 e. The molecule has 17 nitrogen and oxygen atoms in total. The summed E-state index contributed by atoms with van der Waals surface area (Å²) in [5.74, 6) is -2.51. The van der Waals surface area contributed by atoms with E-state index < -0.39 is 46.1 Å². The van der Waals surface area contributed by atoms with Gasteiger partial charge in [0.05, 0.1) is 35.4 Å². The second kappa shape index (κ2) is 28.9. The van der Waals surface area contributed by atoms with Gasteiger partial charge < -0.3 is 38.0 Å². The lowest BCUT2D eigenvalue weighted by molar-refractivity contribution is -0.135. The molecule has 6 aromatic rings. The van der Waals surface area contributed by atoms with E-state index >= 15 is 0 Å². The van der Waals surface area contributed by atoms with Gasteiger partial charge in [-0.2, -0.15) is 0 Å². The number of thiazole rings is 2. The molecular weight excluding hydrogens is 1020 g/mol. The molecule has 2 atom stereocenters. The van der Waals surface area contributed by atoms with Crippen molar-refractivity contribution in [1.29, 1.82) is 0 Å². The van der Waals surface area contributed by atoms with Crippen LogP contribution in [-0.4, -0.2) is 64.2 Å². The summed E-state index contributed by atoms with van der Waals surface area (Å²) in [5, 5.41) is 21.0. The van der Waals surface area contributed by atoms with E-state index in [0.717, 1.165) is 17.6 Å². The standard InChI is InChI=1S/C27H26FNO7S.C16H20O6.C11H8FNO2S/c1-15(7-5-6-8-23(31)34-4)21-14-20(30)24(26(33)36-21)25(32)16(2)13-22-17(3)29-27(37-22)35-19-11-9-18(28)10-12-19;1-4-11(17)15-12(18)9-13(22-16(15)20)10(2)7-5-6-8-14(19)21-3;1-7-10(6-14)16-11(13-7)15-9-4-2-8(12)3-5-9/h6,8-15,30H,5,7H2,1-4H3;6,8-10,18H,4-5,7H2,1-3H3;2-6H,1H3/b8-6+,16-13+;8-6+;. The second-order valence-electron chi connectivity index (χ2n) is 16.2. The van der Waals surface area contributed by atoms with Crippen molar-refractivity contribution in [2.75, 3.05) is 14.2 Å². The SMILES string of the molecule is CCC(=O)c1c(O)cc(C(C)CC/C=C/C(=O)OC)oc1=O.COC(=O)/C=C/CCC(C)c1cc(O)c(C(=O)/C(C)=C/c2sc(Oc3ccc(F)cc3)nc2C)c(=O)o1.Cc1nc(Oc2ccc(F)cc2)sc1C=O. The Kier molecular flexibility index (Phi) is 22.9. The van der Waals surface area contributed by atoms with Crippen LogP contribution in [-0.2, 0) is 19.1 Å². The molecule has 0 aliphatic rings. The molecule has 4 heterocycles. The van der Waals surface area contributed by atoms with Crippen molar-refractivity contribution in [2.45, 2.75) is 85.5 Å². The lowest BCUT2D eigenvalue weighted by Crippen LogP contribution is -2.16. The van der Waals surface area contributed by atoms with Gasteiger partial charge in [0, 0.05) is 42.5 Å². The summed E-state index contributed by atoms with van der Waals surface area (Å²) in [6, 6.07) is 13.7. The summed E-state index contributed by atoms with van der Waals surface area (Å²) in [7, 11) is 2.58. The topological polar surface area (TPSA) is 249 Å². The fraction of sp³-hybridized carbons (Fsp3) is 0.278. The summed E-state index contributed by atoms with van der Waals surface area (Å²) in [6.07, 6.45) is 10.6. The number of carbonyl (C=O) groups is 5. The molecule has 2 N–H and O–H groups in total. The van der Waals surface area contributed by atoms with Crippen LogP contribution in [0.2, 0.25) is 0 Å². The molecule has 0 aliphatic carbocycles. The van der Waals surface area contributed by atoms with Crippen molar-refractivity contribution in [1.82, 2.24) is 9.97 Å². The average Bonchev–Trinajstić information content (AvgIpc) is 3.92. The fourth-order valence-electron chi connectivity index (χ4n) is 6.36. The number of ketones is 2. The predicted octanol–water partition coefficient (Wildman–Crippen LogP) is 11.7. The van der Waals surface area contributed by atoms with Crippen molar-refractivity contribution in [2.24, 2.45) is 0 Å². The van der Waals surface area contributed by atoms with E-state index in [1.54, 1.807) is 45.9 Å². The number of aromatic nitrogens is 2. The van der Waals surface area contributed by atoms with E-state index in [-0.39, 0.29) is 52.5 Å². The Morgan fingerprint density at radius 1 is 0.693 bits per heavy atom. The monoisotopic (exact) mass is 1070 g/mol. The molecule has 0 radical (unpaired) electrons. The number of ether oxygens (including phenoxy) is 4. The predicted molar refractivity (Wildman–Crippen MR) is 276 cm³/mol. The van der Waals surface area contributed by atoms with Crippen LogP contribution >= 0.6 is 22.7 Å². The van der Waals surface area contributed by atoms with Gasteiger partial charge in [-0.1, -0.05) is 55.6 Å². The zero-order valence-corrected chi connectivity index (χ0v) is 43.7. The number of allylic oxidation sites excluding steroid dienone is 3. The molecule has 0 saturated heterocycles. The average molecular weight is 1070 g/mol. The molecule has 396 valence electrons. The third kappa shape index (κ3) is 18.1. The Balaban J connectivity index is 0.000000270. The quantitative estimate of drug-likeness (QED) is 0.0312. The number of esters is 2. The normalized spacial score (nSPS) is 11.9. The highest BCUT2D eigenvalue weighted by Gasteiger charge is 2.23. The van der Waals surface area contributed by atoms with Crippen LogP contribution < -0.4 is 20.7 Å². The third-order valence-electron chi connectivity index (χ3n) is 10.6. The van der Waals surface area contributed by atoms with E-state index in [2.05, 4.69) is 19.4 Å². The van der Waals surface area contributed by atoms with Crippen molar-refractivity contribution in [3.8, 4) is 33.4 Å². The molecule has 0 saturated carbocycles. The number of benzene rings is 2. The molecular formula is C54H54F2N2O15S2. The van der Waals surface area contributed by atoms with Gasteiger partial charge in [0.1, 0.15) is 57.3 Å². The van der Waals surface area contributed by atoms with Gasteiger partial charge in [0.25, 0.3) is 10.4 Å². The van der Waals surface area contributed by atoms with Gasteiger partial charge in [0.2, 0.25) is 0 Å². The van der Waals surface area contributed by atoms with Gasteiger partial charge in [-0.25, -0.2) is 37.9 Å². The highest BCUT2D eigenvalue weighted by atomic mass is 32.1. The van der Waals surface area contributed by atoms with Crippen molar-refractivity contribution < 1.29 is 70.7 Å².